The maximum Gasteiger partial charge on any atom is 0.0192 e. The molecule has 0 bridgehead atoms. The molecule has 0 aromatic rings. The number of nitrogens with zero attached hydrogens (tertiary/aromatic N) is 1. The van der Waals surface area contributed by atoms with Crippen molar-refractivity contribution in [3.8, 4) is 0 Å². The molecule has 1 heterocycles. The van der Waals surface area contributed by atoms with Crippen molar-refractivity contribution in [3.05, 3.63) is 0 Å². The van der Waals surface area contributed by atoms with Crippen LogP contribution in [-0.4, -0.2) is 37.6 Å². The van der Waals surface area contributed by atoms with Crippen LogP contribution in [0.1, 0.15) is 27.2 Å². The Kier molecular flexibility index (Phi) is 4.20. The fourth-order valence-electron chi connectivity index (χ4n) is 2.12. The standard InChI is InChI=1S/C11H24N2/c1-9-5-6-13(8-10(9)2)11(3)7-12-4/h9-12H,5-8H2,1-4H3. The van der Waals surface area contributed by atoms with Gasteiger partial charge in [-0.15, -0.1) is 0 Å². The van der Waals surface area contributed by atoms with E-state index in [9.17, 15) is 0 Å². The Labute approximate surface area is 82.7 Å². The molecule has 1 aliphatic rings. The molecule has 0 amide bonds. The van der Waals surface area contributed by atoms with Crippen LogP contribution in [0.4, 0.5) is 0 Å². The molecule has 1 rings (SSSR count). The molecule has 0 aromatic heterocycles. The van der Waals surface area contributed by atoms with Crippen LogP contribution in [0.15, 0.2) is 0 Å². The summed E-state index contributed by atoms with van der Waals surface area (Å²) in [6, 6.07) is 0.694. The zero-order chi connectivity index (χ0) is 9.84. The molecule has 0 radical (unpaired) electrons. The van der Waals surface area contributed by atoms with E-state index in [0.717, 1.165) is 18.4 Å². The van der Waals surface area contributed by atoms with Crippen molar-refractivity contribution in [2.75, 3.05) is 26.7 Å². The van der Waals surface area contributed by atoms with E-state index < -0.39 is 0 Å². The lowest BCUT2D eigenvalue weighted by Crippen LogP contribution is -2.46. The summed E-state index contributed by atoms with van der Waals surface area (Å²) < 4.78 is 0. The van der Waals surface area contributed by atoms with Crippen LogP contribution in [0.3, 0.4) is 0 Å². The fraction of sp³-hybridized carbons (Fsp3) is 1.00. The van der Waals surface area contributed by atoms with Gasteiger partial charge in [-0.2, -0.15) is 0 Å². The van der Waals surface area contributed by atoms with Crippen molar-refractivity contribution in [1.29, 1.82) is 0 Å². The molecule has 0 aromatic carbocycles. The van der Waals surface area contributed by atoms with E-state index in [2.05, 4.69) is 31.0 Å². The summed E-state index contributed by atoms with van der Waals surface area (Å²) in [5.74, 6) is 1.78. The van der Waals surface area contributed by atoms with Crippen LogP contribution in [0.25, 0.3) is 0 Å². The molecule has 2 heteroatoms. The minimum atomic E-state index is 0.694. The van der Waals surface area contributed by atoms with Crippen LogP contribution >= 0.6 is 0 Å². The first-order chi connectivity index (χ1) is 6.15. The number of hydrogen-bond donors (Lipinski definition) is 1. The quantitative estimate of drug-likeness (QED) is 0.716. The summed E-state index contributed by atoms with van der Waals surface area (Å²) >= 11 is 0. The molecule has 3 unspecified atom stereocenters. The molecule has 1 saturated heterocycles. The van der Waals surface area contributed by atoms with E-state index in [1.165, 1.54) is 19.5 Å². The summed E-state index contributed by atoms with van der Waals surface area (Å²) in [5.41, 5.74) is 0. The third-order valence-electron chi connectivity index (χ3n) is 3.49. The lowest BCUT2D eigenvalue weighted by molar-refractivity contribution is 0.103. The van der Waals surface area contributed by atoms with Crippen LogP contribution in [0.5, 0.6) is 0 Å². The second-order valence-electron chi connectivity index (χ2n) is 4.64. The van der Waals surface area contributed by atoms with Crippen LogP contribution in [0, 0.1) is 11.8 Å². The van der Waals surface area contributed by atoms with E-state index in [1.807, 2.05) is 7.05 Å². The molecule has 0 aliphatic carbocycles. The predicted octanol–water partition coefficient (Wildman–Crippen LogP) is 1.57. The van der Waals surface area contributed by atoms with E-state index >= 15 is 0 Å². The minimum absolute atomic E-state index is 0.694. The monoisotopic (exact) mass is 184 g/mol. The van der Waals surface area contributed by atoms with Crippen molar-refractivity contribution in [2.45, 2.75) is 33.2 Å². The Morgan fingerprint density at radius 1 is 1.38 bits per heavy atom. The number of nitrogens with one attached hydrogen (secondary N) is 1. The summed E-state index contributed by atoms with van der Waals surface area (Å²) in [7, 11) is 2.03. The van der Waals surface area contributed by atoms with Gasteiger partial charge in [-0.25, -0.2) is 0 Å². The van der Waals surface area contributed by atoms with Gasteiger partial charge in [0.1, 0.15) is 0 Å². The maximum atomic E-state index is 3.25. The smallest absolute Gasteiger partial charge is 0.0192 e. The number of likely N-dealkylation sites (N-methyl/N-ethyl adjacent to an activating group) is 1. The number of likely N-dealkylation sites (tertiary alicyclic amines) is 1. The summed E-state index contributed by atoms with van der Waals surface area (Å²) in [6.07, 6.45) is 1.37. The highest BCUT2D eigenvalue weighted by Crippen LogP contribution is 2.23. The Balaban J connectivity index is 2.36. The highest BCUT2D eigenvalue weighted by Gasteiger charge is 2.24. The fourth-order valence-corrected chi connectivity index (χ4v) is 2.12. The molecular weight excluding hydrogens is 160 g/mol. The van der Waals surface area contributed by atoms with Crippen molar-refractivity contribution < 1.29 is 0 Å². The Hall–Kier alpha value is -0.0800. The third kappa shape index (κ3) is 2.96. The third-order valence-corrected chi connectivity index (χ3v) is 3.49. The largest absolute Gasteiger partial charge is 0.318 e. The lowest BCUT2D eigenvalue weighted by atomic mass is 9.88. The SMILES string of the molecule is CNCC(C)N1CCC(C)C(C)C1. The highest BCUT2D eigenvalue weighted by atomic mass is 15.2. The van der Waals surface area contributed by atoms with Crippen LogP contribution in [-0.2, 0) is 0 Å². The first-order valence-electron chi connectivity index (χ1n) is 5.53. The van der Waals surface area contributed by atoms with Crippen LogP contribution < -0.4 is 5.32 Å². The zero-order valence-electron chi connectivity index (χ0n) is 9.51. The van der Waals surface area contributed by atoms with E-state index in [-0.39, 0.29) is 0 Å². The predicted molar refractivity (Wildman–Crippen MR) is 57.9 cm³/mol. The van der Waals surface area contributed by atoms with Crippen molar-refractivity contribution >= 4 is 0 Å². The van der Waals surface area contributed by atoms with Gasteiger partial charge in [-0.3, -0.25) is 4.90 Å². The summed E-state index contributed by atoms with van der Waals surface area (Å²) in [6.45, 7) is 10.8. The molecule has 0 saturated carbocycles. The number of piperidine rings is 1. The first-order valence-corrected chi connectivity index (χ1v) is 5.53. The second kappa shape index (κ2) is 4.97. The van der Waals surface area contributed by atoms with Gasteiger partial charge in [-0.05, 0) is 38.8 Å². The van der Waals surface area contributed by atoms with Gasteiger partial charge in [0.05, 0.1) is 0 Å². The summed E-state index contributed by atoms with van der Waals surface area (Å²) in [4.78, 5) is 2.61. The zero-order valence-corrected chi connectivity index (χ0v) is 9.51. The van der Waals surface area contributed by atoms with Crippen molar-refractivity contribution in [1.82, 2.24) is 10.2 Å². The molecular formula is C11H24N2. The molecule has 1 N–H and O–H groups in total. The summed E-state index contributed by atoms with van der Waals surface area (Å²) in [5, 5.41) is 3.25. The Bertz CT molecular complexity index is 147. The van der Waals surface area contributed by atoms with Crippen molar-refractivity contribution in [2.24, 2.45) is 11.8 Å². The molecule has 78 valence electrons. The highest BCUT2D eigenvalue weighted by molar-refractivity contribution is 4.79. The van der Waals surface area contributed by atoms with Gasteiger partial charge in [0.15, 0.2) is 0 Å². The van der Waals surface area contributed by atoms with Gasteiger partial charge in [0.2, 0.25) is 0 Å². The Morgan fingerprint density at radius 2 is 2.08 bits per heavy atom. The average Bonchev–Trinajstić information content (AvgIpc) is 2.10. The van der Waals surface area contributed by atoms with Gasteiger partial charge in [0.25, 0.3) is 0 Å². The van der Waals surface area contributed by atoms with Gasteiger partial charge in [0, 0.05) is 19.1 Å². The molecule has 0 spiro atoms. The maximum absolute atomic E-state index is 3.25. The average molecular weight is 184 g/mol. The van der Waals surface area contributed by atoms with E-state index in [4.69, 9.17) is 0 Å². The van der Waals surface area contributed by atoms with Crippen LogP contribution in [0.2, 0.25) is 0 Å². The molecule has 1 fully saturated rings. The lowest BCUT2D eigenvalue weighted by Gasteiger charge is -2.38. The first kappa shape index (κ1) is 11.0. The van der Waals surface area contributed by atoms with E-state index in [1.54, 1.807) is 0 Å². The van der Waals surface area contributed by atoms with Gasteiger partial charge < -0.3 is 5.32 Å². The van der Waals surface area contributed by atoms with Gasteiger partial charge >= 0.3 is 0 Å². The number of rotatable bonds is 3. The molecule has 1 aliphatic heterocycles. The normalized spacial score (nSPS) is 33.2. The van der Waals surface area contributed by atoms with E-state index in [0.29, 0.717) is 6.04 Å². The molecule has 3 atom stereocenters. The van der Waals surface area contributed by atoms with Crippen molar-refractivity contribution in [3.63, 3.8) is 0 Å². The molecule has 13 heavy (non-hydrogen) atoms. The van der Waals surface area contributed by atoms with Gasteiger partial charge in [-0.1, -0.05) is 13.8 Å². The second-order valence-corrected chi connectivity index (χ2v) is 4.64. The Morgan fingerprint density at radius 3 is 2.62 bits per heavy atom. The topological polar surface area (TPSA) is 15.3 Å². The number of hydrogen-bond acceptors (Lipinski definition) is 2. The minimum Gasteiger partial charge on any atom is -0.318 e. The molecule has 2 nitrogen and oxygen atoms in total.